The number of ether oxygens (including phenoxy) is 5. The molecule has 1 fully saturated rings. The van der Waals surface area contributed by atoms with Crippen LogP contribution in [0.2, 0.25) is 0 Å². The van der Waals surface area contributed by atoms with Crippen LogP contribution in [-0.4, -0.2) is 32.1 Å². The first-order chi connectivity index (χ1) is 12.3. The van der Waals surface area contributed by atoms with E-state index in [0.717, 1.165) is 19.4 Å². The van der Waals surface area contributed by atoms with Gasteiger partial charge in [-0.05, 0) is 37.1 Å². The van der Waals surface area contributed by atoms with E-state index in [1.165, 1.54) is 0 Å². The molecule has 0 unspecified atom stereocenters. The topological polar surface area (TPSA) is 63.2 Å². The first-order valence-corrected chi connectivity index (χ1v) is 8.25. The van der Waals surface area contributed by atoms with Gasteiger partial charge in [-0.25, -0.2) is 4.79 Å². The van der Waals surface area contributed by atoms with Gasteiger partial charge >= 0.3 is 5.97 Å². The summed E-state index contributed by atoms with van der Waals surface area (Å²) in [7, 11) is 0. The van der Waals surface area contributed by atoms with Gasteiger partial charge in [-0.1, -0.05) is 12.1 Å². The monoisotopic (exact) mass is 342 g/mol. The van der Waals surface area contributed by atoms with E-state index in [2.05, 4.69) is 0 Å². The Labute approximate surface area is 145 Å². The average molecular weight is 342 g/mol. The molecule has 25 heavy (non-hydrogen) atoms. The first kappa shape index (κ1) is 15.8. The van der Waals surface area contributed by atoms with Crippen LogP contribution in [-0.2, 0) is 4.74 Å². The van der Waals surface area contributed by atoms with Gasteiger partial charge in [-0.3, -0.25) is 0 Å². The van der Waals surface area contributed by atoms with Crippen molar-refractivity contribution in [3.8, 4) is 23.0 Å². The van der Waals surface area contributed by atoms with Crippen LogP contribution in [0.5, 0.6) is 23.0 Å². The molecule has 0 radical (unpaired) electrons. The molecule has 0 bridgehead atoms. The number of hydrogen-bond donors (Lipinski definition) is 0. The molecule has 1 saturated heterocycles. The lowest BCUT2D eigenvalue weighted by Crippen LogP contribution is -2.18. The number of benzene rings is 2. The number of carbonyl (C=O) groups excluding carboxylic acids is 1. The van der Waals surface area contributed by atoms with E-state index < -0.39 is 5.97 Å². The Kier molecular flexibility index (Phi) is 4.43. The summed E-state index contributed by atoms with van der Waals surface area (Å²) in [6.45, 7) is 1.36. The zero-order valence-electron chi connectivity index (χ0n) is 13.6. The van der Waals surface area contributed by atoms with Crippen LogP contribution < -0.4 is 18.9 Å². The quantitative estimate of drug-likeness (QED) is 0.614. The normalized spacial score (nSPS) is 18.2. The van der Waals surface area contributed by atoms with Crippen molar-refractivity contribution in [2.75, 3.05) is 20.0 Å². The molecule has 2 aromatic carbocycles. The van der Waals surface area contributed by atoms with E-state index >= 15 is 0 Å². The molecule has 2 aliphatic rings. The Bertz CT molecular complexity index is 766. The first-order valence-electron chi connectivity index (χ1n) is 8.25. The molecule has 0 aliphatic carbocycles. The standard InChI is InChI=1S/C19H18O6/c20-19(25-13-7-8-17-18(10-13)24-12-23-17)15-5-1-2-6-16(15)22-11-14-4-3-9-21-14/h1-2,5-8,10,14H,3-4,9,11-12H2/t14-/m0/s1. The molecule has 2 heterocycles. The molecule has 0 aromatic heterocycles. The number of para-hydroxylation sites is 1. The highest BCUT2D eigenvalue weighted by molar-refractivity contribution is 5.94. The second-order valence-electron chi connectivity index (χ2n) is 5.85. The van der Waals surface area contributed by atoms with Gasteiger partial charge in [0.2, 0.25) is 6.79 Å². The van der Waals surface area contributed by atoms with Crippen LogP contribution in [0.4, 0.5) is 0 Å². The molecule has 6 nitrogen and oxygen atoms in total. The Morgan fingerprint density at radius 3 is 2.88 bits per heavy atom. The van der Waals surface area contributed by atoms with Gasteiger partial charge in [0.1, 0.15) is 23.7 Å². The second-order valence-corrected chi connectivity index (χ2v) is 5.85. The van der Waals surface area contributed by atoms with Gasteiger partial charge in [0.05, 0.1) is 6.10 Å². The van der Waals surface area contributed by atoms with Crippen molar-refractivity contribution < 1.29 is 28.5 Å². The summed E-state index contributed by atoms with van der Waals surface area (Å²) in [6, 6.07) is 12.0. The fourth-order valence-corrected chi connectivity index (χ4v) is 2.82. The lowest BCUT2D eigenvalue weighted by atomic mass is 10.2. The summed E-state index contributed by atoms with van der Waals surface area (Å²) >= 11 is 0. The van der Waals surface area contributed by atoms with Gasteiger partial charge in [0.15, 0.2) is 11.5 Å². The Balaban J connectivity index is 1.46. The van der Waals surface area contributed by atoms with Gasteiger partial charge in [0, 0.05) is 12.7 Å². The largest absolute Gasteiger partial charge is 0.490 e. The summed E-state index contributed by atoms with van der Waals surface area (Å²) in [5.41, 5.74) is 0.373. The summed E-state index contributed by atoms with van der Waals surface area (Å²) in [4.78, 5) is 12.5. The molecule has 6 heteroatoms. The molecular formula is C19H18O6. The van der Waals surface area contributed by atoms with Gasteiger partial charge in [-0.15, -0.1) is 0 Å². The predicted octanol–water partition coefficient (Wildman–Crippen LogP) is 3.19. The van der Waals surface area contributed by atoms with Crippen molar-refractivity contribution in [2.45, 2.75) is 18.9 Å². The third-order valence-corrected chi connectivity index (χ3v) is 4.11. The van der Waals surface area contributed by atoms with E-state index in [1.54, 1.807) is 36.4 Å². The Hall–Kier alpha value is -2.73. The molecule has 0 spiro atoms. The number of rotatable bonds is 5. The summed E-state index contributed by atoms with van der Waals surface area (Å²) in [5.74, 6) is 1.60. The highest BCUT2D eigenvalue weighted by atomic mass is 16.7. The van der Waals surface area contributed by atoms with Crippen molar-refractivity contribution in [2.24, 2.45) is 0 Å². The minimum absolute atomic E-state index is 0.0814. The minimum atomic E-state index is -0.484. The van der Waals surface area contributed by atoms with E-state index in [0.29, 0.717) is 35.2 Å². The molecule has 0 N–H and O–H groups in total. The number of esters is 1. The molecule has 130 valence electrons. The van der Waals surface area contributed by atoms with Crippen molar-refractivity contribution in [3.05, 3.63) is 48.0 Å². The van der Waals surface area contributed by atoms with Crippen LogP contribution in [0.15, 0.2) is 42.5 Å². The van der Waals surface area contributed by atoms with E-state index in [9.17, 15) is 4.79 Å². The fraction of sp³-hybridized carbons (Fsp3) is 0.316. The predicted molar refractivity (Wildman–Crippen MR) is 88.4 cm³/mol. The number of fused-ring (bicyclic) bond motifs is 1. The van der Waals surface area contributed by atoms with Gasteiger partial charge < -0.3 is 23.7 Å². The molecule has 2 aliphatic heterocycles. The summed E-state index contributed by atoms with van der Waals surface area (Å²) in [5, 5.41) is 0. The third kappa shape index (κ3) is 3.53. The maximum absolute atomic E-state index is 12.5. The van der Waals surface area contributed by atoms with Crippen LogP contribution in [0, 0.1) is 0 Å². The second kappa shape index (κ2) is 7.03. The van der Waals surface area contributed by atoms with Crippen LogP contribution in [0.25, 0.3) is 0 Å². The SMILES string of the molecule is O=C(Oc1ccc2c(c1)OCO2)c1ccccc1OC[C@@H]1CCCO1. The Morgan fingerprint density at radius 1 is 1.12 bits per heavy atom. The number of hydrogen-bond acceptors (Lipinski definition) is 6. The lowest BCUT2D eigenvalue weighted by molar-refractivity contribution is 0.0644. The molecular weight excluding hydrogens is 324 g/mol. The smallest absolute Gasteiger partial charge is 0.347 e. The van der Waals surface area contributed by atoms with Gasteiger partial charge in [-0.2, -0.15) is 0 Å². The highest BCUT2D eigenvalue weighted by Gasteiger charge is 2.20. The summed E-state index contributed by atoms with van der Waals surface area (Å²) in [6.07, 6.45) is 2.10. The highest BCUT2D eigenvalue weighted by Crippen LogP contribution is 2.35. The van der Waals surface area contributed by atoms with E-state index in [1.807, 2.05) is 6.07 Å². The van der Waals surface area contributed by atoms with Crippen molar-refractivity contribution in [1.29, 1.82) is 0 Å². The Morgan fingerprint density at radius 2 is 2.00 bits per heavy atom. The van der Waals surface area contributed by atoms with Crippen molar-refractivity contribution in [1.82, 2.24) is 0 Å². The maximum atomic E-state index is 12.5. The van der Waals surface area contributed by atoms with Crippen LogP contribution in [0.1, 0.15) is 23.2 Å². The van der Waals surface area contributed by atoms with E-state index in [4.69, 9.17) is 23.7 Å². The van der Waals surface area contributed by atoms with Gasteiger partial charge in [0.25, 0.3) is 0 Å². The molecule has 2 aromatic rings. The molecule has 4 rings (SSSR count). The number of carbonyl (C=O) groups is 1. The van der Waals surface area contributed by atoms with Crippen LogP contribution in [0.3, 0.4) is 0 Å². The molecule has 0 saturated carbocycles. The fourth-order valence-electron chi connectivity index (χ4n) is 2.82. The lowest BCUT2D eigenvalue weighted by Gasteiger charge is -2.14. The molecule has 1 atom stereocenters. The summed E-state index contributed by atoms with van der Waals surface area (Å²) < 4.78 is 27.3. The molecule has 0 amide bonds. The zero-order valence-corrected chi connectivity index (χ0v) is 13.6. The average Bonchev–Trinajstić information content (AvgIpc) is 3.31. The van der Waals surface area contributed by atoms with E-state index in [-0.39, 0.29) is 12.9 Å². The zero-order chi connectivity index (χ0) is 17.1. The third-order valence-electron chi connectivity index (χ3n) is 4.11. The van der Waals surface area contributed by atoms with Crippen LogP contribution >= 0.6 is 0 Å². The minimum Gasteiger partial charge on any atom is -0.490 e. The van der Waals surface area contributed by atoms with Crippen molar-refractivity contribution >= 4 is 5.97 Å². The maximum Gasteiger partial charge on any atom is 0.347 e. The van der Waals surface area contributed by atoms with Crippen molar-refractivity contribution in [3.63, 3.8) is 0 Å².